The lowest BCUT2D eigenvalue weighted by Gasteiger charge is -2.32. The molecule has 1 aliphatic rings. The SMILES string of the molecule is CS(=O)(=O)N1CCCCC1CN=C(N)Nc1cccc(OC(F)(F)F)c1. The molecule has 26 heavy (non-hydrogen) atoms. The van der Waals surface area contributed by atoms with E-state index in [1.165, 1.54) is 16.4 Å². The molecule has 0 bridgehead atoms. The largest absolute Gasteiger partial charge is 0.573 e. The standard InChI is InChI=1S/C15H21F3N4O3S/c1-26(23,24)22-8-3-2-6-12(22)10-20-14(19)21-11-5-4-7-13(9-11)25-15(16,17)18/h4-5,7,9,12H,2-3,6,8,10H2,1H3,(H3,19,20,21). The van der Waals surface area contributed by atoms with Crippen LogP contribution < -0.4 is 15.8 Å². The molecule has 146 valence electrons. The molecular weight excluding hydrogens is 373 g/mol. The number of ether oxygens (including phenoxy) is 1. The van der Waals surface area contributed by atoms with Crippen LogP contribution in [0.15, 0.2) is 29.3 Å². The molecule has 3 N–H and O–H groups in total. The van der Waals surface area contributed by atoms with Crippen LogP contribution in [0.5, 0.6) is 5.75 Å². The molecule has 1 aromatic rings. The molecule has 2 rings (SSSR count). The number of nitrogens with one attached hydrogen (secondary N) is 1. The Morgan fingerprint density at radius 3 is 2.81 bits per heavy atom. The lowest BCUT2D eigenvalue weighted by molar-refractivity contribution is -0.274. The summed E-state index contributed by atoms with van der Waals surface area (Å²) in [4.78, 5) is 4.13. The summed E-state index contributed by atoms with van der Waals surface area (Å²) >= 11 is 0. The topological polar surface area (TPSA) is 97.0 Å². The number of nitrogens with two attached hydrogens (primary N) is 1. The third kappa shape index (κ3) is 6.37. The number of alkyl halides is 3. The van der Waals surface area contributed by atoms with Crippen LogP contribution >= 0.6 is 0 Å². The van der Waals surface area contributed by atoms with E-state index >= 15 is 0 Å². The van der Waals surface area contributed by atoms with Gasteiger partial charge in [-0.25, -0.2) is 8.42 Å². The zero-order chi connectivity index (χ0) is 19.4. The fourth-order valence-corrected chi connectivity index (χ4v) is 3.93. The zero-order valence-electron chi connectivity index (χ0n) is 14.2. The maximum atomic E-state index is 12.3. The Kier molecular flexibility index (Phi) is 6.34. The van der Waals surface area contributed by atoms with Crippen molar-refractivity contribution >= 4 is 21.7 Å². The van der Waals surface area contributed by atoms with Crippen LogP contribution in [0.1, 0.15) is 19.3 Å². The van der Waals surface area contributed by atoms with E-state index in [-0.39, 0.29) is 30.0 Å². The van der Waals surface area contributed by atoms with E-state index in [9.17, 15) is 21.6 Å². The summed E-state index contributed by atoms with van der Waals surface area (Å²) in [6.07, 6.45) is -1.25. The first-order valence-electron chi connectivity index (χ1n) is 7.94. The van der Waals surface area contributed by atoms with Crippen LogP contribution in [0.25, 0.3) is 0 Å². The van der Waals surface area contributed by atoms with Crippen LogP contribution in [0.4, 0.5) is 18.9 Å². The summed E-state index contributed by atoms with van der Waals surface area (Å²) in [5.41, 5.74) is 6.04. The summed E-state index contributed by atoms with van der Waals surface area (Å²) in [6.45, 7) is 0.619. The van der Waals surface area contributed by atoms with Gasteiger partial charge in [-0.1, -0.05) is 12.5 Å². The molecule has 11 heteroatoms. The third-order valence-corrected chi connectivity index (χ3v) is 5.14. The highest BCUT2D eigenvalue weighted by Crippen LogP contribution is 2.25. The fourth-order valence-electron chi connectivity index (χ4n) is 2.76. The highest BCUT2D eigenvalue weighted by molar-refractivity contribution is 7.88. The molecule has 1 atom stereocenters. The molecule has 0 saturated carbocycles. The van der Waals surface area contributed by atoms with Gasteiger partial charge >= 0.3 is 6.36 Å². The predicted molar refractivity (Wildman–Crippen MR) is 92.4 cm³/mol. The monoisotopic (exact) mass is 394 g/mol. The first-order chi connectivity index (χ1) is 12.0. The van der Waals surface area contributed by atoms with Gasteiger partial charge in [0.1, 0.15) is 5.75 Å². The molecule has 0 radical (unpaired) electrons. The maximum Gasteiger partial charge on any atom is 0.573 e. The van der Waals surface area contributed by atoms with Gasteiger partial charge in [-0.05, 0) is 25.0 Å². The Morgan fingerprint density at radius 1 is 1.42 bits per heavy atom. The van der Waals surface area contributed by atoms with Gasteiger partial charge in [0.2, 0.25) is 10.0 Å². The summed E-state index contributed by atoms with van der Waals surface area (Å²) < 4.78 is 65.6. The van der Waals surface area contributed by atoms with Gasteiger partial charge in [-0.3, -0.25) is 4.99 Å². The average Bonchev–Trinajstić information content (AvgIpc) is 2.51. The van der Waals surface area contributed by atoms with Crippen LogP contribution in [0.3, 0.4) is 0 Å². The molecule has 1 saturated heterocycles. The van der Waals surface area contributed by atoms with Crippen molar-refractivity contribution in [3.05, 3.63) is 24.3 Å². The van der Waals surface area contributed by atoms with Gasteiger partial charge in [0.25, 0.3) is 0 Å². The molecule has 0 aromatic heterocycles. The van der Waals surface area contributed by atoms with Crippen molar-refractivity contribution in [2.75, 3.05) is 24.7 Å². The Balaban J connectivity index is 2.00. The van der Waals surface area contributed by atoms with E-state index in [4.69, 9.17) is 5.73 Å². The van der Waals surface area contributed by atoms with Crippen molar-refractivity contribution in [1.82, 2.24) is 4.31 Å². The first-order valence-corrected chi connectivity index (χ1v) is 9.79. The minimum absolute atomic E-state index is 0.0202. The van der Waals surface area contributed by atoms with E-state index in [1.807, 2.05) is 0 Å². The highest BCUT2D eigenvalue weighted by Gasteiger charge is 2.31. The number of hydrogen-bond donors (Lipinski definition) is 2. The third-order valence-electron chi connectivity index (χ3n) is 3.81. The van der Waals surface area contributed by atoms with Gasteiger partial charge in [-0.15, -0.1) is 13.2 Å². The van der Waals surface area contributed by atoms with E-state index < -0.39 is 16.4 Å². The Bertz CT molecular complexity index is 753. The second-order valence-corrected chi connectivity index (χ2v) is 7.88. The quantitative estimate of drug-likeness (QED) is 0.589. The summed E-state index contributed by atoms with van der Waals surface area (Å²) in [6, 6.07) is 4.91. The van der Waals surface area contributed by atoms with Crippen molar-refractivity contribution in [2.24, 2.45) is 10.7 Å². The summed E-state index contributed by atoms with van der Waals surface area (Å²) in [7, 11) is -3.33. The highest BCUT2D eigenvalue weighted by atomic mass is 32.2. The fraction of sp³-hybridized carbons (Fsp3) is 0.533. The number of guanidine groups is 1. The lowest BCUT2D eigenvalue weighted by atomic mass is 10.1. The number of anilines is 1. The van der Waals surface area contributed by atoms with E-state index in [1.54, 1.807) is 0 Å². The normalized spacial score (nSPS) is 20.0. The van der Waals surface area contributed by atoms with Gasteiger partial charge in [0, 0.05) is 24.3 Å². The number of aliphatic imine (C=N–C) groups is 1. The Hall–Kier alpha value is -2.01. The number of hydrogen-bond acceptors (Lipinski definition) is 4. The van der Waals surface area contributed by atoms with Crippen LogP contribution in [0.2, 0.25) is 0 Å². The molecule has 1 heterocycles. The van der Waals surface area contributed by atoms with Gasteiger partial charge < -0.3 is 15.8 Å². The van der Waals surface area contributed by atoms with Gasteiger partial charge in [0.05, 0.1) is 12.8 Å². The minimum Gasteiger partial charge on any atom is -0.406 e. The van der Waals surface area contributed by atoms with Crippen molar-refractivity contribution in [3.8, 4) is 5.75 Å². The van der Waals surface area contributed by atoms with Gasteiger partial charge in [-0.2, -0.15) is 4.31 Å². The molecule has 0 amide bonds. The zero-order valence-corrected chi connectivity index (χ0v) is 15.0. The smallest absolute Gasteiger partial charge is 0.406 e. The van der Waals surface area contributed by atoms with Crippen LogP contribution in [0, 0.1) is 0 Å². The van der Waals surface area contributed by atoms with E-state index in [0.29, 0.717) is 13.0 Å². The number of piperidine rings is 1. The molecule has 0 aliphatic carbocycles. The van der Waals surface area contributed by atoms with E-state index in [2.05, 4.69) is 15.0 Å². The molecule has 1 fully saturated rings. The Morgan fingerprint density at radius 2 is 2.15 bits per heavy atom. The van der Waals surface area contributed by atoms with E-state index in [0.717, 1.165) is 31.2 Å². The number of halogens is 3. The van der Waals surface area contributed by atoms with Crippen molar-refractivity contribution in [3.63, 3.8) is 0 Å². The minimum atomic E-state index is -4.78. The van der Waals surface area contributed by atoms with Crippen molar-refractivity contribution < 1.29 is 26.3 Å². The molecule has 1 aliphatic heterocycles. The Labute approximate surface area is 150 Å². The molecular formula is C15H21F3N4O3S. The van der Waals surface area contributed by atoms with Gasteiger partial charge in [0.15, 0.2) is 5.96 Å². The van der Waals surface area contributed by atoms with Crippen molar-refractivity contribution in [1.29, 1.82) is 0 Å². The molecule has 1 unspecified atom stereocenters. The lowest BCUT2D eigenvalue weighted by Crippen LogP contribution is -2.45. The second kappa shape index (κ2) is 8.12. The van der Waals surface area contributed by atoms with Crippen LogP contribution in [-0.4, -0.2) is 50.4 Å². The maximum absolute atomic E-state index is 12.3. The number of rotatable bonds is 5. The first kappa shape index (κ1) is 20.3. The molecule has 1 aromatic carbocycles. The molecule has 0 spiro atoms. The predicted octanol–water partition coefficient (Wildman–Crippen LogP) is 2.13. The number of nitrogens with zero attached hydrogens (tertiary/aromatic N) is 2. The number of sulfonamides is 1. The number of benzene rings is 1. The summed E-state index contributed by atoms with van der Waals surface area (Å²) in [5, 5.41) is 2.67. The second-order valence-electron chi connectivity index (χ2n) is 5.95. The van der Waals surface area contributed by atoms with Crippen molar-refractivity contribution in [2.45, 2.75) is 31.7 Å². The summed E-state index contributed by atoms with van der Waals surface area (Å²) in [5.74, 6) is -0.404. The molecule has 7 nitrogen and oxygen atoms in total. The van der Waals surface area contributed by atoms with Crippen LogP contribution in [-0.2, 0) is 10.0 Å². The average molecular weight is 394 g/mol.